The molecule has 0 amide bonds. The Balaban J connectivity index is 3.26. The number of carbonyl (C=O) groups is 1. The van der Waals surface area contributed by atoms with Crippen LogP contribution >= 0.6 is 15.9 Å². The molecule has 0 aliphatic carbocycles. The van der Waals surface area contributed by atoms with Crippen molar-refractivity contribution < 1.29 is 19.4 Å². The maximum Gasteiger partial charge on any atom is 0.337 e. The summed E-state index contributed by atoms with van der Waals surface area (Å²) in [6.07, 6.45) is -1.71. The Morgan fingerprint density at radius 1 is 1.57 bits per heavy atom. The molecule has 0 radical (unpaired) electrons. The highest BCUT2D eigenvalue weighted by atomic mass is 79.9. The molecule has 0 fully saturated rings. The Bertz CT molecular complexity index is 379. The molecule has 3 nitrogen and oxygen atoms in total. The van der Waals surface area contributed by atoms with E-state index in [0.29, 0.717) is 5.56 Å². The quantitative estimate of drug-likeness (QED) is 0.858. The summed E-state index contributed by atoms with van der Waals surface area (Å²) >= 11 is 2.88. The van der Waals surface area contributed by atoms with Gasteiger partial charge in [0.1, 0.15) is 5.82 Å². The molecule has 14 heavy (non-hydrogen) atoms. The van der Waals surface area contributed by atoms with Crippen molar-refractivity contribution in [2.45, 2.75) is 13.0 Å². The number of hydrogen-bond acceptors (Lipinski definition) is 2. The van der Waals surface area contributed by atoms with Crippen LogP contribution in [0.1, 0.15) is 17.2 Å². The van der Waals surface area contributed by atoms with Crippen LogP contribution in [-0.2, 0) is 4.79 Å². The zero-order chi connectivity index (χ0) is 10.9. The van der Waals surface area contributed by atoms with Gasteiger partial charge in [0.15, 0.2) is 6.10 Å². The van der Waals surface area contributed by atoms with Crippen LogP contribution in [-0.4, -0.2) is 16.2 Å². The van der Waals surface area contributed by atoms with E-state index in [1.54, 1.807) is 6.92 Å². The number of halogens is 2. The number of aryl methyl sites for hydroxylation is 1. The molecule has 0 heterocycles. The molecule has 2 N–H and O–H groups in total. The lowest BCUT2D eigenvalue weighted by Crippen LogP contribution is -2.11. The summed E-state index contributed by atoms with van der Waals surface area (Å²) in [6.45, 7) is 1.62. The topological polar surface area (TPSA) is 57.5 Å². The monoisotopic (exact) mass is 262 g/mol. The Labute approximate surface area is 88.3 Å². The van der Waals surface area contributed by atoms with Gasteiger partial charge in [-0.1, -0.05) is 6.07 Å². The van der Waals surface area contributed by atoms with E-state index in [2.05, 4.69) is 15.9 Å². The van der Waals surface area contributed by atoms with Gasteiger partial charge in [-0.3, -0.25) is 0 Å². The number of carboxylic acids is 1. The third-order valence-corrected chi connectivity index (χ3v) is 2.57. The lowest BCUT2D eigenvalue weighted by molar-refractivity contribution is -0.147. The van der Waals surface area contributed by atoms with Crippen LogP contribution in [0.5, 0.6) is 0 Å². The minimum Gasteiger partial charge on any atom is -0.479 e. The van der Waals surface area contributed by atoms with Crippen LogP contribution in [0.2, 0.25) is 0 Å². The van der Waals surface area contributed by atoms with Crippen molar-refractivity contribution in [2.24, 2.45) is 0 Å². The highest BCUT2D eigenvalue weighted by Gasteiger charge is 2.20. The van der Waals surface area contributed by atoms with Crippen molar-refractivity contribution >= 4 is 21.9 Å². The van der Waals surface area contributed by atoms with Gasteiger partial charge >= 0.3 is 5.97 Å². The van der Waals surface area contributed by atoms with Gasteiger partial charge in [-0.25, -0.2) is 9.18 Å². The Kier molecular flexibility index (Phi) is 3.23. The molecule has 0 aromatic heterocycles. The summed E-state index contributed by atoms with van der Waals surface area (Å²) in [5.41, 5.74) is 0.580. The number of rotatable bonds is 2. The number of aliphatic carboxylic acids is 1. The van der Waals surface area contributed by atoms with E-state index < -0.39 is 17.9 Å². The third kappa shape index (κ3) is 2.10. The molecule has 0 aliphatic heterocycles. The largest absolute Gasteiger partial charge is 0.479 e. The van der Waals surface area contributed by atoms with Gasteiger partial charge < -0.3 is 10.2 Å². The smallest absolute Gasteiger partial charge is 0.337 e. The number of aliphatic hydroxyl groups is 1. The van der Waals surface area contributed by atoms with Crippen molar-refractivity contribution in [1.82, 2.24) is 0 Å². The first-order valence-electron chi connectivity index (χ1n) is 3.80. The number of benzene rings is 1. The van der Waals surface area contributed by atoms with Gasteiger partial charge in [0.05, 0.1) is 4.47 Å². The fraction of sp³-hybridized carbons (Fsp3) is 0.222. The van der Waals surface area contributed by atoms with E-state index in [-0.39, 0.29) is 10.0 Å². The fourth-order valence-corrected chi connectivity index (χ4v) is 1.53. The lowest BCUT2D eigenvalue weighted by atomic mass is 10.1. The average Bonchev–Trinajstić information content (AvgIpc) is 2.09. The summed E-state index contributed by atoms with van der Waals surface area (Å²) in [6, 6.07) is 2.67. The highest BCUT2D eigenvalue weighted by molar-refractivity contribution is 9.10. The number of hydrogen-bond donors (Lipinski definition) is 2. The minimum absolute atomic E-state index is 0.0157. The summed E-state index contributed by atoms with van der Waals surface area (Å²) in [7, 11) is 0. The van der Waals surface area contributed by atoms with Crippen molar-refractivity contribution in [2.75, 3.05) is 0 Å². The van der Waals surface area contributed by atoms with E-state index in [1.807, 2.05) is 0 Å². The third-order valence-electron chi connectivity index (χ3n) is 1.73. The summed E-state index contributed by atoms with van der Waals surface area (Å²) in [4.78, 5) is 10.5. The van der Waals surface area contributed by atoms with Gasteiger partial charge in [0, 0.05) is 5.56 Å². The molecule has 1 aromatic carbocycles. The molecule has 0 spiro atoms. The van der Waals surface area contributed by atoms with Gasteiger partial charge in [0.25, 0.3) is 0 Å². The van der Waals surface area contributed by atoms with Crippen LogP contribution < -0.4 is 0 Å². The predicted molar refractivity (Wildman–Crippen MR) is 51.4 cm³/mol. The van der Waals surface area contributed by atoms with Gasteiger partial charge in [-0.05, 0) is 34.5 Å². The Morgan fingerprint density at radius 2 is 2.14 bits per heavy atom. The molecule has 1 aromatic rings. The van der Waals surface area contributed by atoms with E-state index in [4.69, 9.17) is 5.11 Å². The molecule has 76 valence electrons. The second kappa shape index (κ2) is 4.06. The zero-order valence-electron chi connectivity index (χ0n) is 7.29. The summed E-state index contributed by atoms with van der Waals surface area (Å²) < 4.78 is 13.1. The number of carboxylic acid groups (broad SMARTS) is 1. The van der Waals surface area contributed by atoms with Crippen LogP contribution in [0.15, 0.2) is 16.6 Å². The molecule has 0 bridgehead atoms. The normalized spacial score (nSPS) is 12.6. The van der Waals surface area contributed by atoms with Crippen molar-refractivity contribution in [3.05, 3.63) is 33.5 Å². The van der Waals surface area contributed by atoms with Crippen LogP contribution in [0, 0.1) is 12.7 Å². The second-order valence-corrected chi connectivity index (χ2v) is 3.68. The zero-order valence-corrected chi connectivity index (χ0v) is 8.88. The molecule has 1 unspecified atom stereocenters. The first kappa shape index (κ1) is 11.1. The van der Waals surface area contributed by atoms with Crippen LogP contribution in [0.3, 0.4) is 0 Å². The van der Waals surface area contributed by atoms with Crippen molar-refractivity contribution in [3.8, 4) is 0 Å². The first-order chi connectivity index (χ1) is 6.43. The maximum atomic E-state index is 13.1. The van der Waals surface area contributed by atoms with Gasteiger partial charge in [-0.2, -0.15) is 0 Å². The molecule has 0 aliphatic rings. The van der Waals surface area contributed by atoms with E-state index in [0.717, 1.165) is 0 Å². The Morgan fingerprint density at radius 3 is 2.64 bits per heavy atom. The van der Waals surface area contributed by atoms with Gasteiger partial charge in [-0.15, -0.1) is 0 Å². The molecule has 0 saturated heterocycles. The van der Waals surface area contributed by atoms with E-state index >= 15 is 0 Å². The maximum absolute atomic E-state index is 13.1. The molecule has 1 atom stereocenters. The molecular formula is C9H8BrFO3. The summed E-state index contributed by atoms with van der Waals surface area (Å²) in [5, 5.41) is 17.8. The second-order valence-electron chi connectivity index (χ2n) is 2.89. The molecular weight excluding hydrogens is 255 g/mol. The predicted octanol–water partition coefficient (Wildman–Crippen LogP) is 2.01. The molecule has 1 rings (SSSR count). The standard InChI is InChI=1S/C9H8BrFO3/c1-4-2-5(8(12)9(13)14)7(10)6(11)3-4/h2-3,8,12H,1H3,(H,13,14). The van der Waals surface area contributed by atoms with Crippen LogP contribution in [0.4, 0.5) is 4.39 Å². The summed E-state index contributed by atoms with van der Waals surface area (Å²) in [5.74, 6) is -1.99. The van der Waals surface area contributed by atoms with Crippen molar-refractivity contribution in [1.29, 1.82) is 0 Å². The average molecular weight is 263 g/mol. The van der Waals surface area contributed by atoms with Gasteiger partial charge in [0.2, 0.25) is 0 Å². The number of aliphatic hydroxyl groups excluding tert-OH is 1. The first-order valence-corrected chi connectivity index (χ1v) is 4.59. The minimum atomic E-state index is -1.71. The fourth-order valence-electron chi connectivity index (χ4n) is 1.08. The van der Waals surface area contributed by atoms with Crippen LogP contribution in [0.25, 0.3) is 0 Å². The Hall–Kier alpha value is -0.940. The van der Waals surface area contributed by atoms with E-state index in [1.165, 1.54) is 12.1 Å². The molecule has 5 heteroatoms. The highest BCUT2D eigenvalue weighted by Crippen LogP contribution is 2.27. The molecule has 0 saturated carbocycles. The van der Waals surface area contributed by atoms with Crippen molar-refractivity contribution in [3.63, 3.8) is 0 Å². The SMILES string of the molecule is Cc1cc(F)c(Br)c(C(O)C(=O)O)c1. The van der Waals surface area contributed by atoms with E-state index in [9.17, 15) is 14.3 Å². The lowest BCUT2D eigenvalue weighted by Gasteiger charge is -2.09.